The van der Waals surface area contributed by atoms with E-state index < -0.39 is 0 Å². The molecule has 1 atom stereocenters. The van der Waals surface area contributed by atoms with Crippen LogP contribution >= 0.6 is 11.8 Å². The van der Waals surface area contributed by atoms with Gasteiger partial charge in [-0.2, -0.15) is 0 Å². The minimum absolute atomic E-state index is 0.129. The number of methoxy groups -OCH3 is 3. The summed E-state index contributed by atoms with van der Waals surface area (Å²) in [6.07, 6.45) is 0. The first kappa shape index (κ1) is 16.5. The highest BCUT2D eigenvalue weighted by atomic mass is 32.2. The highest BCUT2D eigenvalue weighted by Crippen LogP contribution is 2.29. The molecule has 22 heavy (non-hydrogen) atoms. The van der Waals surface area contributed by atoms with Crippen LogP contribution in [-0.4, -0.2) is 62.2 Å². The van der Waals surface area contributed by atoms with Crippen molar-refractivity contribution in [1.82, 2.24) is 4.90 Å². The number of amides is 1. The molecule has 0 aromatic heterocycles. The van der Waals surface area contributed by atoms with Gasteiger partial charge in [-0.25, -0.2) is 0 Å². The number of esters is 1. The smallest absolute Gasteiger partial charge is 0.320 e. The summed E-state index contributed by atoms with van der Waals surface area (Å²) in [7, 11) is 4.43. The highest BCUT2D eigenvalue weighted by Gasteiger charge is 2.30. The normalized spacial score (nSPS) is 17.8. The molecule has 0 saturated carbocycles. The predicted octanol–water partition coefficient (Wildman–Crippen LogP) is 1.43. The fraction of sp³-hybridized carbons (Fsp3) is 0.467. The average Bonchev–Trinajstić information content (AvgIpc) is 2.59. The van der Waals surface area contributed by atoms with Crippen LogP contribution in [0.25, 0.3) is 0 Å². The summed E-state index contributed by atoms with van der Waals surface area (Å²) in [5.41, 5.74) is 0.508. The van der Waals surface area contributed by atoms with Crippen molar-refractivity contribution in [2.24, 2.45) is 0 Å². The van der Waals surface area contributed by atoms with Gasteiger partial charge in [-0.1, -0.05) is 0 Å². The third-order valence-electron chi connectivity index (χ3n) is 3.45. The van der Waals surface area contributed by atoms with Crippen LogP contribution in [0.5, 0.6) is 11.5 Å². The molecule has 1 aliphatic rings. The van der Waals surface area contributed by atoms with Gasteiger partial charge < -0.3 is 19.1 Å². The summed E-state index contributed by atoms with van der Waals surface area (Å²) in [4.78, 5) is 25.9. The summed E-state index contributed by atoms with van der Waals surface area (Å²) >= 11 is 1.51. The Morgan fingerprint density at radius 1 is 1.18 bits per heavy atom. The van der Waals surface area contributed by atoms with E-state index in [0.717, 1.165) is 0 Å². The second kappa shape index (κ2) is 7.40. The summed E-state index contributed by atoms with van der Waals surface area (Å²) in [6, 6.07) is 5.04. The van der Waals surface area contributed by atoms with Crippen LogP contribution < -0.4 is 9.47 Å². The molecule has 0 spiro atoms. The average molecular weight is 325 g/mol. The molecule has 0 aliphatic carbocycles. The Morgan fingerprint density at radius 2 is 1.91 bits per heavy atom. The van der Waals surface area contributed by atoms with Crippen molar-refractivity contribution in [1.29, 1.82) is 0 Å². The van der Waals surface area contributed by atoms with Crippen molar-refractivity contribution in [3.05, 3.63) is 23.8 Å². The van der Waals surface area contributed by atoms with Crippen molar-refractivity contribution < 1.29 is 23.8 Å². The lowest BCUT2D eigenvalue weighted by atomic mass is 10.1. The van der Waals surface area contributed by atoms with Crippen LogP contribution in [0, 0.1) is 0 Å². The van der Waals surface area contributed by atoms with Crippen LogP contribution in [0.3, 0.4) is 0 Å². The lowest BCUT2D eigenvalue weighted by molar-refractivity contribution is -0.140. The highest BCUT2D eigenvalue weighted by molar-refractivity contribution is 8.00. The molecule has 0 N–H and O–H groups in total. The topological polar surface area (TPSA) is 65.1 Å². The lowest BCUT2D eigenvalue weighted by Gasteiger charge is -2.31. The van der Waals surface area contributed by atoms with E-state index in [0.29, 0.717) is 35.9 Å². The Labute approximate surface area is 133 Å². The van der Waals surface area contributed by atoms with Crippen molar-refractivity contribution >= 4 is 23.6 Å². The first-order valence-corrected chi connectivity index (χ1v) is 7.86. The lowest BCUT2D eigenvalue weighted by Crippen LogP contribution is -2.44. The molecular weight excluding hydrogens is 306 g/mol. The second-order valence-corrected chi connectivity index (χ2v) is 6.01. The molecule has 1 fully saturated rings. The Bertz CT molecular complexity index is 563. The van der Waals surface area contributed by atoms with E-state index >= 15 is 0 Å². The number of carbonyl (C=O) groups is 2. The zero-order valence-corrected chi connectivity index (χ0v) is 13.6. The van der Waals surface area contributed by atoms with Gasteiger partial charge in [0.15, 0.2) is 11.5 Å². The summed E-state index contributed by atoms with van der Waals surface area (Å²) in [6.45, 7) is 0.954. The molecule has 0 radical (unpaired) electrons. The summed E-state index contributed by atoms with van der Waals surface area (Å²) in [5.74, 6) is 1.36. The van der Waals surface area contributed by atoms with Gasteiger partial charge in [-0.15, -0.1) is 11.8 Å². The third-order valence-corrected chi connectivity index (χ3v) is 4.61. The minimum Gasteiger partial charge on any atom is -0.493 e. The number of nitrogens with zero attached hydrogens (tertiary/aromatic N) is 1. The van der Waals surface area contributed by atoms with E-state index in [9.17, 15) is 9.59 Å². The fourth-order valence-corrected chi connectivity index (χ4v) is 3.39. The number of hydrogen-bond acceptors (Lipinski definition) is 6. The van der Waals surface area contributed by atoms with Gasteiger partial charge in [-0.3, -0.25) is 9.59 Å². The maximum Gasteiger partial charge on any atom is 0.320 e. The Balaban J connectivity index is 2.15. The molecule has 1 heterocycles. The minimum atomic E-state index is -0.331. The number of thioether (sulfide) groups is 1. The molecule has 7 heteroatoms. The molecule has 2 rings (SSSR count). The van der Waals surface area contributed by atoms with Crippen LogP contribution in [0.15, 0.2) is 18.2 Å². The zero-order chi connectivity index (χ0) is 16.1. The number of carbonyl (C=O) groups excluding carboxylic acids is 2. The third kappa shape index (κ3) is 3.47. The first-order valence-electron chi connectivity index (χ1n) is 6.81. The molecule has 6 nitrogen and oxygen atoms in total. The largest absolute Gasteiger partial charge is 0.493 e. The predicted molar refractivity (Wildman–Crippen MR) is 83.7 cm³/mol. The summed E-state index contributed by atoms with van der Waals surface area (Å²) in [5, 5.41) is -0.331. The van der Waals surface area contributed by atoms with Crippen LogP contribution in [0.1, 0.15) is 10.4 Å². The Kier molecular flexibility index (Phi) is 5.54. The van der Waals surface area contributed by atoms with Crippen molar-refractivity contribution in [2.45, 2.75) is 5.25 Å². The molecule has 1 aliphatic heterocycles. The van der Waals surface area contributed by atoms with Gasteiger partial charge in [0.1, 0.15) is 5.25 Å². The van der Waals surface area contributed by atoms with E-state index in [-0.39, 0.29) is 17.1 Å². The number of ether oxygens (including phenoxy) is 3. The van der Waals surface area contributed by atoms with Gasteiger partial charge in [0.2, 0.25) is 0 Å². The molecule has 1 aromatic rings. The van der Waals surface area contributed by atoms with E-state index in [4.69, 9.17) is 14.2 Å². The standard InChI is InChI=1S/C15H19NO5S/c1-19-11-5-4-10(8-12(11)20-2)14(17)16-6-7-22-13(9-16)15(18)21-3/h4-5,8,13H,6-7,9H2,1-3H3/t13-/m1/s1. The van der Waals surface area contributed by atoms with Crippen molar-refractivity contribution in [3.8, 4) is 11.5 Å². The van der Waals surface area contributed by atoms with E-state index in [1.807, 2.05) is 0 Å². The van der Waals surface area contributed by atoms with Gasteiger partial charge in [0.05, 0.1) is 21.3 Å². The van der Waals surface area contributed by atoms with Crippen LogP contribution in [-0.2, 0) is 9.53 Å². The fourth-order valence-electron chi connectivity index (χ4n) is 2.26. The molecule has 1 aromatic carbocycles. The second-order valence-electron chi connectivity index (χ2n) is 4.70. The molecule has 0 bridgehead atoms. The van der Waals surface area contributed by atoms with E-state index in [1.54, 1.807) is 30.2 Å². The number of hydrogen-bond donors (Lipinski definition) is 0. The van der Waals surface area contributed by atoms with Gasteiger partial charge in [0.25, 0.3) is 5.91 Å². The number of benzene rings is 1. The van der Waals surface area contributed by atoms with E-state index in [2.05, 4.69) is 0 Å². The Morgan fingerprint density at radius 3 is 2.55 bits per heavy atom. The molecule has 1 saturated heterocycles. The molecule has 1 amide bonds. The maximum atomic E-state index is 12.6. The van der Waals surface area contributed by atoms with Gasteiger partial charge >= 0.3 is 5.97 Å². The van der Waals surface area contributed by atoms with Crippen molar-refractivity contribution in [2.75, 3.05) is 40.2 Å². The Hall–Kier alpha value is -1.89. The van der Waals surface area contributed by atoms with Crippen LogP contribution in [0.2, 0.25) is 0 Å². The zero-order valence-electron chi connectivity index (χ0n) is 12.8. The van der Waals surface area contributed by atoms with Gasteiger partial charge in [0, 0.05) is 24.4 Å². The monoisotopic (exact) mass is 325 g/mol. The molecule has 0 unspecified atom stereocenters. The van der Waals surface area contributed by atoms with Gasteiger partial charge in [-0.05, 0) is 18.2 Å². The number of rotatable bonds is 4. The maximum absolute atomic E-state index is 12.6. The quantitative estimate of drug-likeness (QED) is 0.781. The molecular formula is C15H19NO5S. The first-order chi connectivity index (χ1) is 10.6. The van der Waals surface area contributed by atoms with E-state index in [1.165, 1.54) is 26.0 Å². The SMILES string of the molecule is COC(=O)[C@H]1CN(C(=O)c2ccc(OC)c(OC)c2)CCS1. The molecule has 120 valence electrons. The van der Waals surface area contributed by atoms with Crippen LogP contribution in [0.4, 0.5) is 0 Å². The summed E-state index contributed by atoms with van der Waals surface area (Å²) < 4.78 is 15.1. The van der Waals surface area contributed by atoms with Crippen molar-refractivity contribution in [3.63, 3.8) is 0 Å².